The fraction of sp³-hybridized carbons (Fsp3) is 0.0588. The molecule has 0 N–H and O–H groups in total. The Morgan fingerprint density at radius 2 is 1.87 bits per heavy atom. The molecule has 0 radical (unpaired) electrons. The molecule has 2 aromatic carbocycles. The minimum atomic E-state index is -0.0958. The molecule has 4 nitrogen and oxygen atoms in total. The lowest BCUT2D eigenvalue weighted by atomic mass is 10.2. The molecule has 3 aromatic rings. The monoisotopic (exact) mass is 341 g/mol. The molecule has 0 saturated heterocycles. The van der Waals surface area contributed by atoms with Gasteiger partial charge < -0.3 is 4.90 Å². The highest BCUT2D eigenvalue weighted by molar-refractivity contribution is 7.12. The lowest BCUT2D eigenvalue weighted by Gasteiger charge is -2.24. The summed E-state index contributed by atoms with van der Waals surface area (Å²) in [6.07, 6.45) is 0. The number of rotatable bonds is 1. The Morgan fingerprint density at radius 3 is 2.65 bits per heavy atom. The molecule has 0 fully saturated rings. The van der Waals surface area contributed by atoms with Gasteiger partial charge in [-0.15, -0.1) is 11.3 Å². The van der Waals surface area contributed by atoms with Gasteiger partial charge in [0, 0.05) is 17.8 Å². The summed E-state index contributed by atoms with van der Waals surface area (Å²) in [5.74, 6) is 0.573. The van der Waals surface area contributed by atoms with Crippen LogP contribution in [0.1, 0.15) is 9.67 Å². The molecule has 2 heterocycles. The Morgan fingerprint density at radius 1 is 1.09 bits per heavy atom. The van der Waals surface area contributed by atoms with Crippen LogP contribution in [0.3, 0.4) is 0 Å². The van der Waals surface area contributed by atoms with E-state index in [9.17, 15) is 4.79 Å². The molecule has 0 spiro atoms. The first-order chi connectivity index (χ1) is 11.2. The molecule has 1 aliphatic heterocycles. The summed E-state index contributed by atoms with van der Waals surface area (Å²) in [5.41, 5.74) is 4.14. The van der Waals surface area contributed by atoms with E-state index in [2.05, 4.69) is 4.98 Å². The van der Waals surface area contributed by atoms with Crippen LogP contribution < -0.4 is 9.80 Å². The zero-order valence-electron chi connectivity index (χ0n) is 12.2. The van der Waals surface area contributed by atoms with Crippen LogP contribution in [-0.4, -0.2) is 17.9 Å². The van der Waals surface area contributed by atoms with Gasteiger partial charge in [-0.05, 0) is 30.3 Å². The Kier molecular flexibility index (Phi) is 3.32. The molecular weight excluding hydrogens is 330 g/mol. The number of halogens is 1. The third-order valence-corrected chi connectivity index (χ3v) is 4.86. The smallest absolute Gasteiger partial charge is 0.276 e. The van der Waals surface area contributed by atoms with Gasteiger partial charge in [0.05, 0.1) is 16.9 Å². The van der Waals surface area contributed by atoms with Gasteiger partial charge in [0.15, 0.2) is 5.82 Å². The van der Waals surface area contributed by atoms with E-state index in [1.807, 2.05) is 60.5 Å². The number of benzene rings is 2. The highest BCUT2D eigenvalue weighted by Crippen LogP contribution is 2.44. The molecule has 1 aliphatic rings. The standard InChI is InChI=1S/C17H12ClN3OS/c1-20-13-8-7-11(18)9-14(13)21(12-5-3-2-4-6-12)17(22)15-16(20)19-10-23-15/h2-10H,1H3. The van der Waals surface area contributed by atoms with Crippen LogP contribution >= 0.6 is 22.9 Å². The van der Waals surface area contributed by atoms with Crippen molar-refractivity contribution in [2.75, 3.05) is 16.8 Å². The molecule has 6 heteroatoms. The van der Waals surface area contributed by atoms with Gasteiger partial charge in [-0.3, -0.25) is 9.69 Å². The van der Waals surface area contributed by atoms with Crippen LogP contribution in [0.25, 0.3) is 0 Å². The fourth-order valence-electron chi connectivity index (χ4n) is 2.74. The number of thiazole rings is 1. The third kappa shape index (κ3) is 2.20. The van der Waals surface area contributed by atoms with Crippen molar-refractivity contribution in [1.29, 1.82) is 0 Å². The van der Waals surface area contributed by atoms with E-state index >= 15 is 0 Å². The number of fused-ring (bicyclic) bond motifs is 2. The van der Waals surface area contributed by atoms with Crippen molar-refractivity contribution in [3.05, 3.63) is 63.9 Å². The van der Waals surface area contributed by atoms with Crippen LogP contribution in [0.2, 0.25) is 5.02 Å². The van der Waals surface area contributed by atoms with Gasteiger partial charge in [-0.2, -0.15) is 0 Å². The van der Waals surface area contributed by atoms with E-state index in [0.29, 0.717) is 15.7 Å². The van der Waals surface area contributed by atoms with Crippen LogP contribution in [0.15, 0.2) is 54.0 Å². The van der Waals surface area contributed by atoms with Crippen molar-refractivity contribution in [1.82, 2.24) is 4.98 Å². The molecule has 114 valence electrons. The zero-order valence-corrected chi connectivity index (χ0v) is 13.8. The minimum absolute atomic E-state index is 0.0958. The number of para-hydroxylation sites is 1. The van der Waals surface area contributed by atoms with Crippen molar-refractivity contribution in [3.8, 4) is 0 Å². The molecular formula is C17H12ClN3OS. The second-order valence-electron chi connectivity index (χ2n) is 5.17. The SMILES string of the molecule is CN1c2ccc(Cl)cc2N(c2ccccc2)C(=O)c2scnc21. The quantitative estimate of drug-likeness (QED) is 0.634. The lowest BCUT2D eigenvalue weighted by molar-refractivity contribution is 0.100. The molecule has 4 rings (SSSR count). The maximum absolute atomic E-state index is 13.1. The predicted molar refractivity (Wildman–Crippen MR) is 94.5 cm³/mol. The highest BCUT2D eigenvalue weighted by Gasteiger charge is 2.32. The van der Waals surface area contributed by atoms with Gasteiger partial charge in [0.25, 0.3) is 5.91 Å². The normalized spacial score (nSPS) is 13.6. The van der Waals surface area contributed by atoms with Crippen molar-refractivity contribution >= 4 is 51.7 Å². The molecule has 0 aliphatic carbocycles. The van der Waals surface area contributed by atoms with Crippen molar-refractivity contribution in [2.24, 2.45) is 0 Å². The number of carbonyl (C=O) groups is 1. The van der Waals surface area contributed by atoms with Crippen LogP contribution in [0.4, 0.5) is 22.9 Å². The summed E-state index contributed by atoms with van der Waals surface area (Å²) in [5, 5.41) is 0.587. The number of hydrogen-bond acceptors (Lipinski definition) is 4. The van der Waals surface area contributed by atoms with Gasteiger partial charge in [-0.25, -0.2) is 4.98 Å². The van der Waals surface area contributed by atoms with Crippen LogP contribution in [-0.2, 0) is 0 Å². The molecule has 0 bridgehead atoms. The van der Waals surface area contributed by atoms with Gasteiger partial charge in [-0.1, -0.05) is 29.8 Å². The summed E-state index contributed by atoms with van der Waals surface area (Å²) in [6.45, 7) is 0. The van der Waals surface area contributed by atoms with Crippen LogP contribution in [0, 0.1) is 0 Å². The lowest BCUT2D eigenvalue weighted by Crippen LogP contribution is -2.24. The van der Waals surface area contributed by atoms with Crippen molar-refractivity contribution < 1.29 is 4.79 Å². The van der Waals surface area contributed by atoms with E-state index in [-0.39, 0.29) is 5.91 Å². The number of hydrogen-bond donors (Lipinski definition) is 0. The van der Waals surface area contributed by atoms with Gasteiger partial charge in [0.2, 0.25) is 0 Å². The number of aromatic nitrogens is 1. The molecule has 1 aromatic heterocycles. The van der Waals surface area contributed by atoms with E-state index in [4.69, 9.17) is 11.6 Å². The van der Waals surface area contributed by atoms with Gasteiger partial charge >= 0.3 is 0 Å². The van der Waals surface area contributed by atoms with E-state index in [1.54, 1.807) is 10.4 Å². The fourth-order valence-corrected chi connectivity index (χ4v) is 3.65. The Labute approximate surface area is 142 Å². The molecule has 0 saturated carbocycles. The van der Waals surface area contributed by atoms with E-state index < -0.39 is 0 Å². The second-order valence-corrected chi connectivity index (χ2v) is 6.46. The average Bonchev–Trinajstić information content (AvgIpc) is 3.02. The molecule has 1 amide bonds. The maximum atomic E-state index is 13.1. The average molecular weight is 342 g/mol. The van der Waals surface area contributed by atoms with Crippen molar-refractivity contribution in [2.45, 2.75) is 0 Å². The molecule has 0 unspecified atom stereocenters. The van der Waals surface area contributed by atoms with Gasteiger partial charge in [0.1, 0.15) is 4.88 Å². The number of nitrogens with zero attached hydrogens (tertiary/aromatic N) is 3. The zero-order chi connectivity index (χ0) is 16.0. The first-order valence-electron chi connectivity index (χ1n) is 7.03. The predicted octanol–water partition coefficient (Wildman–Crippen LogP) is 4.86. The van der Waals surface area contributed by atoms with Crippen molar-refractivity contribution in [3.63, 3.8) is 0 Å². The summed E-state index contributed by atoms with van der Waals surface area (Å²) in [6, 6.07) is 15.1. The maximum Gasteiger partial charge on any atom is 0.276 e. The van der Waals surface area contributed by atoms with Crippen LogP contribution in [0.5, 0.6) is 0 Å². The Bertz CT molecular complexity index is 894. The first-order valence-corrected chi connectivity index (χ1v) is 8.29. The summed E-state index contributed by atoms with van der Waals surface area (Å²) in [7, 11) is 1.91. The molecule has 0 atom stereocenters. The first kappa shape index (κ1) is 14.2. The number of anilines is 4. The van der Waals surface area contributed by atoms with E-state index in [0.717, 1.165) is 17.1 Å². The van der Waals surface area contributed by atoms with E-state index in [1.165, 1.54) is 11.3 Å². The second kappa shape index (κ2) is 5.37. The third-order valence-electron chi connectivity index (χ3n) is 3.82. The topological polar surface area (TPSA) is 36.4 Å². The summed E-state index contributed by atoms with van der Waals surface area (Å²) >= 11 is 7.54. The number of amides is 1. The Hall–Kier alpha value is -2.37. The largest absolute Gasteiger partial charge is 0.326 e. The molecule has 23 heavy (non-hydrogen) atoms. The summed E-state index contributed by atoms with van der Waals surface area (Å²) in [4.78, 5) is 21.7. The Balaban J connectivity index is 2.03. The highest BCUT2D eigenvalue weighted by atomic mass is 35.5. The number of carbonyl (C=O) groups excluding carboxylic acids is 1. The minimum Gasteiger partial charge on any atom is -0.326 e. The summed E-state index contributed by atoms with van der Waals surface area (Å²) < 4.78 is 0.